The second kappa shape index (κ2) is 16.4. The Labute approximate surface area is 155 Å². The highest BCUT2D eigenvalue weighted by Gasteiger charge is 2.11. The average Bonchev–Trinajstić information content (AvgIpc) is 3.16. The van der Waals surface area contributed by atoms with Crippen molar-refractivity contribution in [2.24, 2.45) is 0 Å². The zero-order valence-electron chi connectivity index (χ0n) is 16.5. The SMILES string of the molecule is CCCCCCCCCCCCCCC=CCC(CO)[n+]1cc[nH]c1. The first-order valence-corrected chi connectivity index (χ1v) is 10.7. The van der Waals surface area contributed by atoms with Crippen molar-refractivity contribution < 1.29 is 9.67 Å². The first-order valence-electron chi connectivity index (χ1n) is 10.7. The van der Waals surface area contributed by atoms with E-state index in [0.717, 1.165) is 6.42 Å². The van der Waals surface area contributed by atoms with Crippen LogP contribution in [0, 0.1) is 0 Å². The summed E-state index contributed by atoms with van der Waals surface area (Å²) in [6, 6.07) is 0.157. The van der Waals surface area contributed by atoms with Gasteiger partial charge in [0.05, 0.1) is 6.61 Å². The van der Waals surface area contributed by atoms with Crippen LogP contribution in [-0.4, -0.2) is 16.7 Å². The van der Waals surface area contributed by atoms with Crippen LogP contribution in [0.3, 0.4) is 0 Å². The summed E-state index contributed by atoms with van der Waals surface area (Å²) in [6.45, 7) is 2.47. The van der Waals surface area contributed by atoms with Crippen LogP contribution < -0.4 is 4.57 Å². The van der Waals surface area contributed by atoms with Gasteiger partial charge in [0, 0.05) is 6.42 Å². The highest BCUT2D eigenvalue weighted by atomic mass is 16.3. The number of allylic oxidation sites excluding steroid dienone is 2. The minimum atomic E-state index is 0.157. The van der Waals surface area contributed by atoms with Gasteiger partial charge < -0.3 is 5.11 Å². The van der Waals surface area contributed by atoms with Crippen molar-refractivity contribution in [1.29, 1.82) is 0 Å². The van der Waals surface area contributed by atoms with E-state index >= 15 is 0 Å². The number of rotatable bonds is 17. The van der Waals surface area contributed by atoms with E-state index in [-0.39, 0.29) is 12.6 Å². The van der Waals surface area contributed by atoms with Crippen LogP contribution in [0.4, 0.5) is 0 Å². The van der Waals surface area contributed by atoms with Gasteiger partial charge in [-0.1, -0.05) is 89.7 Å². The molecule has 2 N–H and O–H groups in total. The molecule has 3 heteroatoms. The van der Waals surface area contributed by atoms with Crippen LogP contribution in [0.25, 0.3) is 0 Å². The molecule has 25 heavy (non-hydrogen) atoms. The number of aliphatic hydroxyl groups is 1. The third-order valence-corrected chi connectivity index (χ3v) is 5.00. The summed E-state index contributed by atoms with van der Waals surface area (Å²) in [6.07, 6.45) is 29.2. The number of hydrogen-bond acceptors (Lipinski definition) is 1. The standard InChI is InChI=1S/C22H40N2O/c1-2-3-4-5-6-7-8-9-10-11-12-13-14-15-16-17-22(20-25)24-19-18-23-21-24/h15-16,18-19,21-22,25H,2-14,17,20H2,1H3/p+1. The van der Waals surface area contributed by atoms with Crippen LogP contribution in [0.1, 0.15) is 103 Å². The van der Waals surface area contributed by atoms with E-state index in [4.69, 9.17) is 0 Å². The van der Waals surface area contributed by atoms with Gasteiger partial charge in [0.15, 0.2) is 0 Å². The van der Waals surface area contributed by atoms with E-state index in [1.54, 1.807) is 0 Å². The van der Waals surface area contributed by atoms with Gasteiger partial charge >= 0.3 is 0 Å². The lowest BCUT2D eigenvalue weighted by Crippen LogP contribution is -2.38. The number of H-pyrrole nitrogens is 1. The molecule has 1 heterocycles. The van der Waals surface area contributed by atoms with E-state index < -0.39 is 0 Å². The lowest BCUT2D eigenvalue weighted by molar-refractivity contribution is -0.722. The summed E-state index contributed by atoms with van der Waals surface area (Å²) < 4.78 is 2.04. The molecule has 0 aliphatic heterocycles. The summed E-state index contributed by atoms with van der Waals surface area (Å²) in [5.74, 6) is 0. The summed E-state index contributed by atoms with van der Waals surface area (Å²) in [4.78, 5) is 3.03. The number of aromatic amines is 1. The Kier molecular flexibility index (Phi) is 14.4. The zero-order chi connectivity index (χ0) is 18.0. The Morgan fingerprint density at radius 2 is 1.48 bits per heavy atom. The van der Waals surface area contributed by atoms with Crippen molar-refractivity contribution in [3.63, 3.8) is 0 Å². The number of imidazole rings is 1. The van der Waals surface area contributed by atoms with Crippen molar-refractivity contribution in [2.75, 3.05) is 6.61 Å². The molecule has 0 aliphatic rings. The molecule has 0 aliphatic carbocycles. The number of aliphatic hydroxyl groups excluding tert-OH is 1. The quantitative estimate of drug-likeness (QED) is 0.206. The third kappa shape index (κ3) is 12.0. The molecule has 1 unspecified atom stereocenters. The van der Waals surface area contributed by atoms with Gasteiger partial charge in [0.25, 0.3) is 0 Å². The Bertz CT molecular complexity index is 400. The fourth-order valence-corrected chi connectivity index (χ4v) is 3.29. The molecule has 1 rings (SSSR count). The Balaban J connectivity index is 1.85. The number of hydrogen-bond donors (Lipinski definition) is 2. The Hall–Kier alpha value is -1.09. The van der Waals surface area contributed by atoms with Gasteiger partial charge in [-0.25, -0.2) is 4.57 Å². The van der Waals surface area contributed by atoms with Gasteiger partial charge in [-0.15, -0.1) is 0 Å². The van der Waals surface area contributed by atoms with E-state index in [1.807, 2.05) is 23.3 Å². The zero-order valence-corrected chi connectivity index (χ0v) is 16.5. The summed E-state index contributed by atoms with van der Waals surface area (Å²) in [5, 5.41) is 9.44. The second-order valence-corrected chi connectivity index (χ2v) is 7.28. The molecule has 1 aromatic rings. The maximum Gasteiger partial charge on any atom is 0.241 e. The predicted octanol–water partition coefficient (Wildman–Crippen LogP) is 5.87. The molecule has 0 fully saturated rings. The van der Waals surface area contributed by atoms with E-state index in [1.165, 1.54) is 83.5 Å². The first kappa shape index (κ1) is 22.0. The largest absolute Gasteiger partial charge is 0.392 e. The number of aromatic nitrogens is 2. The average molecular weight is 350 g/mol. The molecule has 0 spiro atoms. The van der Waals surface area contributed by atoms with E-state index in [9.17, 15) is 5.11 Å². The molecule has 1 atom stereocenters. The van der Waals surface area contributed by atoms with Gasteiger partial charge in [-0.05, 0) is 12.8 Å². The van der Waals surface area contributed by atoms with Gasteiger partial charge in [-0.3, -0.25) is 4.98 Å². The van der Waals surface area contributed by atoms with Crippen molar-refractivity contribution in [1.82, 2.24) is 4.98 Å². The number of unbranched alkanes of at least 4 members (excludes halogenated alkanes) is 12. The van der Waals surface area contributed by atoms with Crippen LogP contribution in [0.2, 0.25) is 0 Å². The van der Waals surface area contributed by atoms with Gasteiger partial charge in [0.2, 0.25) is 6.33 Å². The first-order chi connectivity index (χ1) is 12.4. The molecule has 0 radical (unpaired) electrons. The number of nitrogens with one attached hydrogen (secondary N) is 1. The molecule has 3 nitrogen and oxygen atoms in total. The van der Waals surface area contributed by atoms with Crippen LogP contribution >= 0.6 is 0 Å². The Morgan fingerprint density at radius 3 is 2.00 bits per heavy atom. The third-order valence-electron chi connectivity index (χ3n) is 5.00. The lowest BCUT2D eigenvalue weighted by Gasteiger charge is -2.07. The fraction of sp³-hybridized carbons (Fsp3) is 0.773. The predicted molar refractivity (Wildman–Crippen MR) is 107 cm³/mol. The summed E-state index contributed by atoms with van der Waals surface area (Å²) in [7, 11) is 0. The Morgan fingerprint density at radius 1 is 0.880 bits per heavy atom. The summed E-state index contributed by atoms with van der Waals surface area (Å²) in [5.41, 5.74) is 0. The molecule has 0 aromatic carbocycles. The topological polar surface area (TPSA) is 39.9 Å². The smallest absolute Gasteiger partial charge is 0.241 e. The molecular weight excluding hydrogens is 308 g/mol. The van der Waals surface area contributed by atoms with E-state index in [2.05, 4.69) is 24.1 Å². The summed E-state index contributed by atoms with van der Waals surface area (Å²) >= 11 is 0. The monoisotopic (exact) mass is 349 g/mol. The molecule has 0 bridgehead atoms. The molecule has 0 amide bonds. The van der Waals surface area contributed by atoms with Crippen LogP contribution in [-0.2, 0) is 0 Å². The van der Waals surface area contributed by atoms with Crippen molar-refractivity contribution in [2.45, 2.75) is 103 Å². The minimum absolute atomic E-state index is 0.157. The van der Waals surface area contributed by atoms with Crippen molar-refractivity contribution in [3.05, 3.63) is 30.9 Å². The second-order valence-electron chi connectivity index (χ2n) is 7.28. The fourth-order valence-electron chi connectivity index (χ4n) is 3.29. The molecular formula is C22H41N2O+. The molecule has 144 valence electrons. The van der Waals surface area contributed by atoms with Crippen LogP contribution in [0.5, 0.6) is 0 Å². The number of nitrogens with zero attached hydrogens (tertiary/aromatic N) is 1. The molecule has 1 aromatic heterocycles. The molecule has 0 saturated heterocycles. The highest BCUT2D eigenvalue weighted by molar-refractivity contribution is 4.83. The normalized spacial score (nSPS) is 12.9. The maximum atomic E-state index is 9.44. The maximum absolute atomic E-state index is 9.44. The van der Waals surface area contributed by atoms with Crippen LogP contribution in [0.15, 0.2) is 30.9 Å². The van der Waals surface area contributed by atoms with Crippen molar-refractivity contribution >= 4 is 0 Å². The highest BCUT2D eigenvalue weighted by Crippen LogP contribution is 2.12. The van der Waals surface area contributed by atoms with E-state index in [0.29, 0.717) is 0 Å². The van der Waals surface area contributed by atoms with Crippen molar-refractivity contribution in [3.8, 4) is 0 Å². The van der Waals surface area contributed by atoms with Gasteiger partial charge in [0.1, 0.15) is 18.4 Å². The minimum Gasteiger partial charge on any atom is -0.392 e. The molecule has 0 saturated carbocycles. The lowest BCUT2D eigenvalue weighted by atomic mass is 10.0. The van der Waals surface area contributed by atoms with Gasteiger partial charge in [-0.2, -0.15) is 0 Å².